The third kappa shape index (κ3) is 2.11. The van der Waals surface area contributed by atoms with Crippen LogP contribution in [0.4, 0.5) is 0 Å². The summed E-state index contributed by atoms with van der Waals surface area (Å²) < 4.78 is 2.04. The average Bonchev–Trinajstić information content (AvgIpc) is 2.95. The molecular formula is C15H16N4. The molecule has 3 aromatic rings. The molecule has 0 aliphatic heterocycles. The fraction of sp³-hybridized carbons (Fsp3) is 0.200. The molecule has 1 aromatic carbocycles. The van der Waals surface area contributed by atoms with Crippen LogP contribution in [0.2, 0.25) is 0 Å². The summed E-state index contributed by atoms with van der Waals surface area (Å²) in [5, 5.41) is 1.12. The van der Waals surface area contributed by atoms with Crippen LogP contribution in [0.25, 0.3) is 16.6 Å². The highest BCUT2D eigenvalue weighted by molar-refractivity contribution is 5.80. The van der Waals surface area contributed by atoms with Crippen LogP contribution in [0.1, 0.15) is 25.1 Å². The van der Waals surface area contributed by atoms with E-state index in [1.807, 2.05) is 35.3 Å². The van der Waals surface area contributed by atoms with Gasteiger partial charge in [-0.1, -0.05) is 13.0 Å². The number of benzene rings is 1. The van der Waals surface area contributed by atoms with Gasteiger partial charge in [0, 0.05) is 23.3 Å². The average molecular weight is 252 g/mol. The summed E-state index contributed by atoms with van der Waals surface area (Å²) in [6, 6.07) is 10.2. The number of pyridine rings is 1. The van der Waals surface area contributed by atoms with Crippen molar-refractivity contribution in [2.24, 2.45) is 5.73 Å². The molecule has 2 heterocycles. The Morgan fingerprint density at radius 3 is 3.05 bits per heavy atom. The van der Waals surface area contributed by atoms with Crippen LogP contribution in [-0.2, 0) is 0 Å². The van der Waals surface area contributed by atoms with Gasteiger partial charge >= 0.3 is 0 Å². The van der Waals surface area contributed by atoms with Crippen molar-refractivity contribution < 1.29 is 0 Å². The lowest BCUT2D eigenvalue weighted by atomic mass is 10.1. The summed E-state index contributed by atoms with van der Waals surface area (Å²) >= 11 is 0. The summed E-state index contributed by atoms with van der Waals surface area (Å²) in [4.78, 5) is 8.54. The van der Waals surface area contributed by atoms with E-state index in [0.29, 0.717) is 0 Å². The summed E-state index contributed by atoms with van der Waals surface area (Å²) in [6.45, 7) is 2.08. The maximum atomic E-state index is 6.12. The molecule has 0 fully saturated rings. The monoisotopic (exact) mass is 252 g/mol. The normalized spacial score (nSPS) is 12.7. The van der Waals surface area contributed by atoms with Crippen LogP contribution in [0, 0.1) is 0 Å². The minimum atomic E-state index is 0.00657. The van der Waals surface area contributed by atoms with Crippen molar-refractivity contribution in [2.45, 2.75) is 19.4 Å². The summed E-state index contributed by atoms with van der Waals surface area (Å²) in [7, 11) is 0. The number of aromatic nitrogens is 3. The van der Waals surface area contributed by atoms with Crippen molar-refractivity contribution in [3.63, 3.8) is 0 Å². The number of rotatable bonds is 3. The SMILES string of the molecule is CC[C@@H](N)c1cncn1-c1ccc2ncccc2c1. The first kappa shape index (κ1) is 11.9. The number of fused-ring (bicyclic) bond motifs is 1. The van der Waals surface area contributed by atoms with Gasteiger partial charge in [0.15, 0.2) is 0 Å². The molecule has 0 spiro atoms. The van der Waals surface area contributed by atoms with Crippen molar-refractivity contribution in [2.75, 3.05) is 0 Å². The maximum absolute atomic E-state index is 6.12. The molecule has 0 amide bonds. The van der Waals surface area contributed by atoms with Crippen LogP contribution < -0.4 is 5.73 Å². The molecule has 0 unspecified atom stereocenters. The van der Waals surface area contributed by atoms with Crippen molar-refractivity contribution in [1.29, 1.82) is 0 Å². The predicted molar refractivity (Wildman–Crippen MR) is 76.1 cm³/mol. The van der Waals surface area contributed by atoms with E-state index in [1.165, 1.54) is 0 Å². The first-order valence-electron chi connectivity index (χ1n) is 6.42. The topological polar surface area (TPSA) is 56.7 Å². The molecule has 0 aliphatic carbocycles. The third-order valence-corrected chi connectivity index (χ3v) is 3.35. The van der Waals surface area contributed by atoms with Crippen LogP contribution in [0.3, 0.4) is 0 Å². The zero-order valence-corrected chi connectivity index (χ0v) is 10.8. The van der Waals surface area contributed by atoms with Crippen LogP contribution in [0.15, 0.2) is 49.1 Å². The number of nitrogens with zero attached hydrogens (tertiary/aromatic N) is 3. The van der Waals surface area contributed by atoms with Gasteiger partial charge in [-0.15, -0.1) is 0 Å². The Morgan fingerprint density at radius 2 is 2.21 bits per heavy atom. The highest BCUT2D eigenvalue weighted by atomic mass is 15.1. The fourth-order valence-corrected chi connectivity index (χ4v) is 2.22. The molecule has 3 rings (SSSR count). The Kier molecular flexibility index (Phi) is 3.01. The molecule has 0 saturated carbocycles. The zero-order valence-electron chi connectivity index (χ0n) is 10.8. The largest absolute Gasteiger partial charge is 0.323 e. The second-order valence-electron chi connectivity index (χ2n) is 4.58. The van der Waals surface area contributed by atoms with E-state index >= 15 is 0 Å². The van der Waals surface area contributed by atoms with Gasteiger partial charge in [0.2, 0.25) is 0 Å². The molecule has 2 aromatic heterocycles. The lowest BCUT2D eigenvalue weighted by molar-refractivity contribution is 0.660. The molecule has 0 saturated heterocycles. The molecule has 4 nitrogen and oxygen atoms in total. The van der Waals surface area contributed by atoms with Gasteiger partial charge in [0.1, 0.15) is 0 Å². The maximum Gasteiger partial charge on any atom is 0.0994 e. The van der Waals surface area contributed by atoms with Gasteiger partial charge in [0.05, 0.1) is 23.7 Å². The molecule has 0 radical (unpaired) electrons. The van der Waals surface area contributed by atoms with Gasteiger partial charge < -0.3 is 10.3 Å². The van der Waals surface area contributed by atoms with Crippen molar-refractivity contribution >= 4 is 10.9 Å². The number of imidazole rings is 1. The minimum Gasteiger partial charge on any atom is -0.323 e. The Morgan fingerprint density at radius 1 is 1.32 bits per heavy atom. The number of hydrogen-bond acceptors (Lipinski definition) is 3. The van der Waals surface area contributed by atoms with E-state index in [1.54, 1.807) is 6.20 Å². The van der Waals surface area contributed by atoms with E-state index in [2.05, 4.69) is 29.0 Å². The van der Waals surface area contributed by atoms with E-state index in [4.69, 9.17) is 5.73 Å². The summed E-state index contributed by atoms with van der Waals surface area (Å²) in [5.74, 6) is 0. The summed E-state index contributed by atoms with van der Waals surface area (Å²) in [6.07, 6.45) is 6.34. The van der Waals surface area contributed by atoms with E-state index in [-0.39, 0.29) is 6.04 Å². The quantitative estimate of drug-likeness (QED) is 0.779. The molecule has 4 heteroatoms. The highest BCUT2D eigenvalue weighted by Gasteiger charge is 2.11. The first-order chi connectivity index (χ1) is 9.29. The standard InChI is InChI=1S/C15H16N4/c1-2-13(16)15-9-17-10-19(15)12-5-6-14-11(8-12)4-3-7-18-14/h3-10,13H,2,16H2,1H3/t13-/m1/s1. The van der Waals surface area contributed by atoms with Crippen LogP contribution >= 0.6 is 0 Å². The fourth-order valence-electron chi connectivity index (χ4n) is 2.22. The predicted octanol–water partition coefficient (Wildman–Crippen LogP) is 2.83. The summed E-state index contributed by atoms with van der Waals surface area (Å²) in [5.41, 5.74) is 9.21. The first-order valence-corrected chi connectivity index (χ1v) is 6.42. The van der Waals surface area contributed by atoms with Gasteiger partial charge in [0.25, 0.3) is 0 Å². The number of nitrogens with two attached hydrogens (primary N) is 1. The zero-order chi connectivity index (χ0) is 13.2. The Bertz CT molecular complexity index is 702. The molecule has 96 valence electrons. The Labute approximate surface area is 111 Å². The molecular weight excluding hydrogens is 236 g/mol. The van der Waals surface area contributed by atoms with Crippen molar-refractivity contribution in [1.82, 2.24) is 14.5 Å². The second kappa shape index (κ2) is 4.82. The van der Waals surface area contributed by atoms with Gasteiger partial charge in [-0.2, -0.15) is 0 Å². The van der Waals surface area contributed by atoms with Crippen molar-refractivity contribution in [3.05, 3.63) is 54.7 Å². The molecule has 19 heavy (non-hydrogen) atoms. The van der Waals surface area contributed by atoms with Crippen LogP contribution in [0.5, 0.6) is 0 Å². The second-order valence-corrected chi connectivity index (χ2v) is 4.58. The Balaban J connectivity index is 2.12. The highest BCUT2D eigenvalue weighted by Crippen LogP contribution is 2.21. The van der Waals surface area contributed by atoms with E-state index in [0.717, 1.165) is 28.7 Å². The van der Waals surface area contributed by atoms with Gasteiger partial charge in [-0.25, -0.2) is 4.98 Å². The van der Waals surface area contributed by atoms with Crippen molar-refractivity contribution in [3.8, 4) is 5.69 Å². The van der Waals surface area contributed by atoms with Gasteiger partial charge in [-0.3, -0.25) is 4.98 Å². The molecule has 2 N–H and O–H groups in total. The molecule has 0 aliphatic rings. The van der Waals surface area contributed by atoms with Crippen LogP contribution in [-0.4, -0.2) is 14.5 Å². The minimum absolute atomic E-state index is 0.00657. The lowest BCUT2D eigenvalue weighted by Gasteiger charge is -2.13. The molecule has 1 atom stereocenters. The Hall–Kier alpha value is -2.20. The smallest absolute Gasteiger partial charge is 0.0994 e. The number of hydrogen-bond donors (Lipinski definition) is 1. The molecule has 0 bridgehead atoms. The lowest BCUT2D eigenvalue weighted by Crippen LogP contribution is -2.13. The van der Waals surface area contributed by atoms with Gasteiger partial charge in [-0.05, 0) is 30.7 Å². The van der Waals surface area contributed by atoms with E-state index in [9.17, 15) is 0 Å². The van der Waals surface area contributed by atoms with E-state index < -0.39 is 0 Å². The third-order valence-electron chi connectivity index (χ3n) is 3.35.